The predicted octanol–water partition coefficient (Wildman–Crippen LogP) is 5.12. The van der Waals surface area contributed by atoms with E-state index in [2.05, 4.69) is 37.2 Å². The van der Waals surface area contributed by atoms with Gasteiger partial charge < -0.3 is 14.8 Å². The number of hydrogen-bond donors (Lipinski definition) is 1. The van der Waals surface area contributed by atoms with Gasteiger partial charge in [0, 0.05) is 23.2 Å². The van der Waals surface area contributed by atoms with Gasteiger partial charge in [0.05, 0.1) is 22.9 Å². The van der Waals surface area contributed by atoms with E-state index in [1.54, 1.807) is 7.11 Å². The highest BCUT2D eigenvalue weighted by atomic mass is 79.9. The first-order valence-corrected chi connectivity index (χ1v) is 9.14. The monoisotopic (exact) mass is 417 g/mol. The average molecular weight is 419 g/mol. The fraction of sp³-hybridized carbons (Fsp3) is 0.625. The second-order valence-corrected chi connectivity index (χ2v) is 7.75. The Bertz CT molecular complexity index is 515. The molecule has 3 rings (SSSR count). The van der Waals surface area contributed by atoms with Gasteiger partial charge in [0.2, 0.25) is 0 Å². The summed E-state index contributed by atoms with van der Waals surface area (Å²) in [6, 6.07) is 4.55. The lowest BCUT2D eigenvalue weighted by Crippen LogP contribution is -2.42. The van der Waals surface area contributed by atoms with Gasteiger partial charge in [-0.3, -0.25) is 0 Å². The third-order valence-electron chi connectivity index (χ3n) is 4.61. The number of nitrogens with one attached hydrogen (secondary N) is 1. The summed E-state index contributed by atoms with van der Waals surface area (Å²) in [7, 11) is 1.69. The molecule has 0 radical (unpaired) electrons. The summed E-state index contributed by atoms with van der Waals surface area (Å²) in [5, 5.41) is 3.67. The summed E-state index contributed by atoms with van der Waals surface area (Å²) < 4.78 is 13.5. The highest BCUT2D eigenvalue weighted by Gasteiger charge is 2.39. The van der Waals surface area contributed by atoms with Crippen molar-refractivity contribution in [3.63, 3.8) is 0 Å². The van der Waals surface area contributed by atoms with Crippen LogP contribution in [0.4, 0.5) is 5.69 Å². The van der Waals surface area contributed by atoms with Crippen molar-refractivity contribution in [3.8, 4) is 5.75 Å². The third-order valence-corrected chi connectivity index (χ3v) is 5.88. The van der Waals surface area contributed by atoms with Crippen molar-refractivity contribution < 1.29 is 9.47 Å². The van der Waals surface area contributed by atoms with Crippen LogP contribution in [-0.2, 0) is 4.74 Å². The van der Waals surface area contributed by atoms with Gasteiger partial charge in [-0.15, -0.1) is 0 Å². The van der Waals surface area contributed by atoms with Crippen LogP contribution in [0.2, 0.25) is 0 Å². The first kappa shape index (κ1) is 15.6. The van der Waals surface area contributed by atoms with Crippen molar-refractivity contribution in [1.29, 1.82) is 0 Å². The second kappa shape index (κ2) is 6.47. The third kappa shape index (κ3) is 3.40. The van der Waals surface area contributed by atoms with Crippen LogP contribution in [0.1, 0.15) is 38.5 Å². The van der Waals surface area contributed by atoms with E-state index in [1.807, 2.05) is 12.1 Å². The van der Waals surface area contributed by atoms with E-state index in [1.165, 1.54) is 25.7 Å². The fourth-order valence-electron chi connectivity index (χ4n) is 3.53. The van der Waals surface area contributed by atoms with E-state index in [0.29, 0.717) is 6.04 Å². The van der Waals surface area contributed by atoms with Crippen molar-refractivity contribution in [2.45, 2.75) is 50.2 Å². The number of hydrogen-bond acceptors (Lipinski definition) is 3. The minimum Gasteiger partial charge on any atom is -0.495 e. The highest BCUT2D eigenvalue weighted by molar-refractivity contribution is 9.11. The molecule has 1 aromatic carbocycles. The van der Waals surface area contributed by atoms with Gasteiger partial charge in [-0.1, -0.05) is 12.8 Å². The molecule has 1 saturated carbocycles. The van der Waals surface area contributed by atoms with Gasteiger partial charge in [-0.25, -0.2) is 0 Å². The topological polar surface area (TPSA) is 30.5 Å². The molecule has 1 aliphatic heterocycles. The van der Waals surface area contributed by atoms with Crippen LogP contribution in [0.5, 0.6) is 5.75 Å². The van der Waals surface area contributed by atoms with Gasteiger partial charge in [-0.05, 0) is 63.6 Å². The SMILES string of the molecule is COc1cc(NC2CCOC3(CCCC3)C2)c(Br)cc1Br. The van der Waals surface area contributed by atoms with Crippen LogP contribution < -0.4 is 10.1 Å². The Morgan fingerprint density at radius 3 is 2.71 bits per heavy atom. The zero-order chi connectivity index (χ0) is 14.9. The van der Waals surface area contributed by atoms with Crippen molar-refractivity contribution in [1.82, 2.24) is 0 Å². The molecule has 3 nitrogen and oxygen atoms in total. The summed E-state index contributed by atoms with van der Waals surface area (Å²) >= 11 is 7.15. The highest BCUT2D eigenvalue weighted by Crippen LogP contribution is 2.42. The zero-order valence-electron chi connectivity index (χ0n) is 12.3. The summed E-state index contributed by atoms with van der Waals surface area (Å²) in [5.41, 5.74) is 1.23. The first-order chi connectivity index (χ1) is 10.1. The molecule has 1 saturated heterocycles. The Balaban J connectivity index is 1.74. The zero-order valence-corrected chi connectivity index (χ0v) is 15.4. The summed E-state index contributed by atoms with van der Waals surface area (Å²) in [4.78, 5) is 0. The number of halogens is 2. The van der Waals surface area contributed by atoms with Crippen LogP contribution in [0.25, 0.3) is 0 Å². The lowest BCUT2D eigenvalue weighted by Gasteiger charge is -2.39. The van der Waals surface area contributed by atoms with Crippen LogP contribution in [0.15, 0.2) is 21.1 Å². The molecular formula is C16H21Br2NO2. The van der Waals surface area contributed by atoms with E-state index < -0.39 is 0 Å². The van der Waals surface area contributed by atoms with Crippen molar-refractivity contribution in [3.05, 3.63) is 21.1 Å². The van der Waals surface area contributed by atoms with E-state index in [4.69, 9.17) is 9.47 Å². The summed E-state index contributed by atoms with van der Waals surface area (Å²) in [6.45, 7) is 0.864. The van der Waals surface area contributed by atoms with E-state index in [-0.39, 0.29) is 5.60 Å². The largest absolute Gasteiger partial charge is 0.495 e. The Labute approximate surface area is 143 Å². The lowest BCUT2D eigenvalue weighted by atomic mass is 9.89. The molecule has 1 heterocycles. The normalized spacial score (nSPS) is 24.2. The van der Waals surface area contributed by atoms with Gasteiger partial charge in [-0.2, -0.15) is 0 Å². The standard InChI is InChI=1S/C16H21Br2NO2/c1-20-15-9-14(12(17)8-13(15)18)19-11-4-7-21-16(10-11)5-2-3-6-16/h8-9,11,19H,2-7,10H2,1H3. The number of methoxy groups -OCH3 is 1. The smallest absolute Gasteiger partial charge is 0.135 e. The van der Waals surface area contributed by atoms with Crippen LogP contribution in [0, 0.1) is 0 Å². The Kier molecular flexibility index (Phi) is 4.81. The van der Waals surface area contributed by atoms with Crippen molar-refractivity contribution in [2.75, 3.05) is 19.0 Å². The Hall–Kier alpha value is -0.260. The minimum atomic E-state index is 0.141. The molecule has 2 aliphatic rings. The molecule has 0 bridgehead atoms. The molecule has 1 N–H and O–H groups in total. The predicted molar refractivity (Wildman–Crippen MR) is 92.2 cm³/mol. The molecular weight excluding hydrogens is 398 g/mol. The first-order valence-electron chi connectivity index (χ1n) is 7.55. The molecule has 0 amide bonds. The second-order valence-electron chi connectivity index (χ2n) is 6.04. The summed E-state index contributed by atoms with van der Waals surface area (Å²) in [5.74, 6) is 0.850. The minimum absolute atomic E-state index is 0.141. The number of rotatable bonds is 3. The molecule has 116 valence electrons. The molecule has 1 aliphatic carbocycles. The van der Waals surface area contributed by atoms with Crippen molar-refractivity contribution >= 4 is 37.5 Å². The maximum Gasteiger partial charge on any atom is 0.135 e. The molecule has 1 atom stereocenters. The van der Waals surface area contributed by atoms with Gasteiger partial charge in [0.1, 0.15) is 5.75 Å². The molecule has 1 unspecified atom stereocenters. The Morgan fingerprint density at radius 2 is 2.00 bits per heavy atom. The van der Waals surface area contributed by atoms with Crippen molar-refractivity contribution in [2.24, 2.45) is 0 Å². The summed E-state index contributed by atoms with van der Waals surface area (Å²) in [6.07, 6.45) is 7.22. The van der Waals surface area contributed by atoms with Crippen LogP contribution in [-0.4, -0.2) is 25.4 Å². The average Bonchev–Trinajstić information content (AvgIpc) is 2.90. The Morgan fingerprint density at radius 1 is 1.24 bits per heavy atom. The van der Waals surface area contributed by atoms with Crippen LogP contribution in [0.3, 0.4) is 0 Å². The van der Waals surface area contributed by atoms with Gasteiger partial charge >= 0.3 is 0 Å². The van der Waals surface area contributed by atoms with E-state index in [9.17, 15) is 0 Å². The lowest BCUT2D eigenvalue weighted by molar-refractivity contribution is -0.0767. The molecule has 21 heavy (non-hydrogen) atoms. The quantitative estimate of drug-likeness (QED) is 0.738. The number of ether oxygens (including phenoxy) is 2. The van der Waals surface area contributed by atoms with Gasteiger partial charge in [0.25, 0.3) is 0 Å². The van der Waals surface area contributed by atoms with Crippen LogP contribution >= 0.6 is 31.9 Å². The molecule has 5 heteroatoms. The van der Waals surface area contributed by atoms with E-state index in [0.717, 1.165) is 39.8 Å². The van der Waals surface area contributed by atoms with E-state index >= 15 is 0 Å². The molecule has 1 aromatic rings. The molecule has 0 aromatic heterocycles. The number of benzene rings is 1. The maximum absolute atomic E-state index is 6.10. The maximum atomic E-state index is 6.10. The number of anilines is 1. The molecule has 2 fully saturated rings. The van der Waals surface area contributed by atoms with Gasteiger partial charge in [0.15, 0.2) is 0 Å². The fourth-order valence-corrected chi connectivity index (χ4v) is 4.81. The molecule has 1 spiro atoms.